The molecule has 1 aliphatic heterocycles. The number of carbonyl (C=O) groups excluding carboxylic acids is 2. The van der Waals surface area contributed by atoms with Crippen LogP contribution in [0.15, 0.2) is 47.5 Å². The van der Waals surface area contributed by atoms with Gasteiger partial charge in [0, 0.05) is 18.7 Å². The molecule has 2 aromatic carbocycles. The number of nitrogens with zero attached hydrogens (tertiary/aromatic N) is 2. The molecule has 2 aromatic rings. The van der Waals surface area contributed by atoms with E-state index in [4.69, 9.17) is 10.7 Å². The summed E-state index contributed by atoms with van der Waals surface area (Å²) in [6.45, 7) is 0. The molecule has 2 aliphatic carbocycles. The molecule has 2 amide bonds. The van der Waals surface area contributed by atoms with Crippen molar-refractivity contribution in [3.8, 4) is 0 Å². The van der Waals surface area contributed by atoms with E-state index in [1.165, 1.54) is 32.1 Å². The summed E-state index contributed by atoms with van der Waals surface area (Å²) >= 11 is 0. The van der Waals surface area contributed by atoms with Gasteiger partial charge in [0.1, 0.15) is 5.54 Å². The van der Waals surface area contributed by atoms with Crippen LogP contribution in [0, 0.1) is 11.8 Å². The third kappa shape index (κ3) is 5.28. The highest BCUT2D eigenvalue weighted by molar-refractivity contribution is 6.06. The number of amides is 2. The number of hydrogen-bond donors (Lipinski definition) is 2. The van der Waals surface area contributed by atoms with E-state index in [-0.39, 0.29) is 17.9 Å². The van der Waals surface area contributed by atoms with Gasteiger partial charge in [-0.15, -0.1) is 0 Å². The number of hydrogen-bond acceptors (Lipinski definition) is 4. The van der Waals surface area contributed by atoms with Crippen LogP contribution < -0.4 is 11.1 Å². The summed E-state index contributed by atoms with van der Waals surface area (Å²) in [6, 6.07) is 14.1. The minimum Gasteiger partial charge on any atom is -0.369 e. The first-order valence-electron chi connectivity index (χ1n) is 13.9. The maximum Gasteiger partial charge on any atom is 0.257 e. The second kappa shape index (κ2) is 10.6. The smallest absolute Gasteiger partial charge is 0.257 e. The van der Waals surface area contributed by atoms with Crippen molar-refractivity contribution in [3.05, 3.63) is 48.0 Å². The largest absolute Gasteiger partial charge is 0.369 e. The molecular weight excluding hydrogens is 448 g/mol. The molecule has 192 valence electrons. The monoisotopic (exact) mass is 488 g/mol. The summed E-state index contributed by atoms with van der Waals surface area (Å²) in [5.41, 5.74) is 6.12. The fourth-order valence-electron chi connectivity index (χ4n) is 6.76. The van der Waals surface area contributed by atoms with E-state index in [2.05, 4.69) is 11.4 Å². The Morgan fingerprint density at radius 1 is 1.03 bits per heavy atom. The molecule has 6 nitrogen and oxygen atoms in total. The number of carbonyl (C=O) groups is 2. The maximum atomic E-state index is 13.4. The van der Waals surface area contributed by atoms with E-state index in [9.17, 15) is 9.59 Å². The van der Waals surface area contributed by atoms with E-state index < -0.39 is 5.54 Å². The SMILES string of the molecule is CN1C(=O)[C@@](CCC2CCCCC2)(C[C@H]2CCC[C@@H](NC(=O)c3ccc4ccccc4c3)C2)N=C1N. The summed E-state index contributed by atoms with van der Waals surface area (Å²) < 4.78 is 0. The average molecular weight is 489 g/mol. The molecule has 5 rings (SSSR count). The van der Waals surface area contributed by atoms with Crippen LogP contribution in [0.25, 0.3) is 10.8 Å². The zero-order valence-corrected chi connectivity index (χ0v) is 21.5. The van der Waals surface area contributed by atoms with Crippen molar-refractivity contribution >= 4 is 28.5 Å². The van der Waals surface area contributed by atoms with Crippen molar-refractivity contribution in [2.24, 2.45) is 22.6 Å². The van der Waals surface area contributed by atoms with Crippen LogP contribution in [0.4, 0.5) is 0 Å². The first kappa shape index (κ1) is 24.8. The van der Waals surface area contributed by atoms with Gasteiger partial charge in [-0.2, -0.15) is 0 Å². The Balaban J connectivity index is 1.24. The number of rotatable bonds is 7. The highest BCUT2D eigenvalue weighted by Crippen LogP contribution is 2.40. The standard InChI is InChI=1S/C30H40N4O2/c1-34-28(36)30(33-29(34)31,17-16-21-8-3-2-4-9-21)20-22-10-7-13-26(18-22)32-27(35)25-15-14-23-11-5-6-12-24(23)19-25/h5-6,11-12,14-15,19,21-22,26H,2-4,7-10,13,16-18,20H2,1H3,(H2,31,33)(H,32,35)/t22-,26+,30+/m0/s1. The Morgan fingerprint density at radius 3 is 2.53 bits per heavy atom. The molecule has 1 heterocycles. The van der Waals surface area contributed by atoms with Gasteiger partial charge in [0.15, 0.2) is 5.96 Å². The number of likely N-dealkylation sites (N-methyl/N-ethyl adjacent to an activating group) is 1. The number of nitrogens with two attached hydrogens (primary N) is 1. The van der Waals surface area contributed by atoms with Crippen LogP contribution in [0.1, 0.15) is 87.4 Å². The molecule has 2 fully saturated rings. The molecule has 3 aliphatic rings. The fourth-order valence-corrected chi connectivity index (χ4v) is 6.76. The predicted octanol–water partition coefficient (Wildman–Crippen LogP) is 5.40. The quantitative estimate of drug-likeness (QED) is 0.547. The van der Waals surface area contributed by atoms with Gasteiger partial charge in [-0.3, -0.25) is 14.5 Å². The van der Waals surface area contributed by atoms with Crippen LogP contribution in [0.2, 0.25) is 0 Å². The second-order valence-corrected chi connectivity index (χ2v) is 11.4. The van der Waals surface area contributed by atoms with E-state index in [0.717, 1.165) is 55.7 Å². The molecule has 2 saturated carbocycles. The van der Waals surface area contributed by atoms with Gasteiger partial charge >= 0.3 is 0 Å². The van der Waals surface area contributed by atoms with Crippen LogP contribution in [-0.2, 0) is 4.79 Å². The lowest BCUT2D eigenvalue weighted by atomic mass is 9.74. The van der Waals surface area contributed by atoms with Gasteiger partial charge in [-0.25, -0.2) is 4.99 Å². The van der Waals surface area contributed by atoms with E-state index in [0.29, 0.717) is 23.4 Å². The summed E-state index contributed by atoms with van der Waals surface area (Å²) in [5, 5.41) is 5.50. The number of guanidine groups is 1. The lowest BCUT2D eigenvalue weighted by molar-refractivity contribution is -0.131. The van der Waals surface area contributed by atoms with Crippen molar-refractivity contribution in [2.75, 3.05) is 7.05 Å². The fraction of sp³-hybridized carbons (Fsp3) is 0.567. The van der Waals surface area contributed by atoms with Gasteiger partial charge < -0.3 is 11.1 Å². The minimum absolute atomic E-state index is 0.0163. The molecule has 0 bridgehead atoms. The van der Waals surface area contributed by atoms with Crippen LogP contribution >= 0.6 is 0 Å². The third-order valence-corrected chi connectivity index (χ3v) is 8.82. The zero-order chi connectivity index (χ0) is 25.1. The molecule has 0 aromatic heterocycles. The highest BCUT2D eigenvalue weighted by Gasteiger charge is 2.48. The van der Waals surface area contributed by atoms with Crippen LogP contribution in [-0.4, -0.2) is 41.3 Å². The molecule has 3 N–H and O–H groups in total. The van der Waals surface area contributed by atoms with Gasteiger partial charge in [0.25, 0.3) is 11.8 Å². The van der Waals surface area contributed by atoms with Crippen molar-refractivity contribution in [2.45, 2.75) is 88.6 Å². The molecule has 36 heavy (non-hydrogen) atoms. The summed E-state index contributed by atoms with van der Waals surface area (Å²) in [5.74, 6) is 1.43. The van der Waals surface area contributed by atoms with Gasteiger partial charge in [-0.1, -0.05) is 75.3 Å². The van der Waals surface area contributed by atoms with Crippen LogP contribution in [0.5, 0.6) is 0 Å². The van der Waals surface area contributed by atoms with Crippen molar-refractivity contribution in [3.63, 3.8) is 0 Å². The molecule has 0 spiro atoms. The van der Waals surface area contributed by atoms with Crippen molar-refractivity contribution < 1.29 is 9.59 Å². The number of benzene rings is 2. The number of aliphatic imine (C=N–C) groups is 1. The lowest BCUT2D eigenvalue weighted by Gasteiger charge is -2.35. The van der Waals surface area contributed by atoms with Gasteiger partial charge in [-0.05, 0) is 66.8 Å². The average Bonchev–Trinajstić information content (AvgIpc) is 3.11. The highest BCUT2D eigenvalue weighted by atomic mass is 16.2. The number of fused-ring (bicyclic) bond motifs is 1. The molecule has 0 unspecified atom stereocenters. The summed E-state index contributed by atoms with van der Waals surface area (Å²) in [4.78, 5) is 32.8. The Kier molecular flexibility index (Phi) is 7.31. The van der Waals surface area contributed by atoms with Crippen LogP contribution in [0.3, 0.4) is 0 Å². The zero-order valence-electron chi connectivity index (χ0n) is 21.5. The van der Waals surface area contributed by atoms with E-state index >= 15 is 0 Å². The Labute approximate surface area is 214 Å². The molecule has 0 saturated heterocycles. The first-order chi connectivity index (χ1) is 17.4. The summed E-state index contributed by atoms with van der Waals surface area (Å²) in [6.07, 6.45) is 13.0. The number of nitrogens with one attached hydrogen (secondary N) is 1. The Morgan fingerprint density at radius 2 is 1.78 bits per heavy atom. The van der Waals surface area contributed by atoms with E-state index in [1.807, 2.05) is 36.4 Å². The molecule has 3 atom stereocenters. The summed E-state index contributed by atoms with van der Waals surface area (Å²) in [7, 11) is 1.75. The normalized spacial score (nSPS) is 27.3. The molecule has 0 radical (unpaired) electrons. The maximum absolute atomic E-state index is 13.4. The third-order valence-electron chi connectivity index (χ3n) is 8.82. The predicted molar refractivity (Wildman–Crippen MR) is 145 cm³/mol. The first-order valence-corrected chi connectivity index (χ1v) is 13.9. The molecular formula is C30H40N4O2. The van der Waals surface area contributed by atoms with Gasteiger partial charge in [0.2, 0.25) is 0 Å². The topological polar surface area (TPSA) is 87.8 Å². The van der Waals surface area contributed by atoms with E-state index in [1.54, 1.807) is 11.9 Å². The Hall–Kier alpha value is -2.89. The molecule has 6 heteroatoms. The lowest BCUT2D eigenvalue weighted by Crippen LogP contribution is -2.45. The minimum atomic E-state index is -0.731. The second-order valence-electron chi connectivity index (χ2n) is 11.4. The van der Waals surface area contributed by atoms with Crippen molar-refractivity contribution in [1.29, 1.82) is 0 Å². The van der Waals surface area contributed by atoms with Crippen molar-refractivity contribution in [1.82, 2.24) is 10.2 Å². The Bertz CT molecular complexity index is 1140. The van der Waals surface area contributed by atoms with Gasteiger partial charge in [0.05, 0.1) is 0 Å².